The van der Waals surface area contributed by atoms with Crippen LogP contribution in [-0.2, 0) is 6.18 Å². The number of carbonyl (C=O) groups is 2. The minimum absolute atomic E-state index is 0.00712. The minimum Gasteiger partial charge on any atom is -0.465 e. The number of hydrogen-bond donors (Lipinski definition) is 2. The van der Waals surface area contributed by atoms with Crippen LogP contribution >= 0.6 is 11.6 Å². The molecule has 0 spiro atoms. The number of pyridine rings is 1. The van der Waals surface area contributed by atoms with Gasteiger partial charge >= 0.3 is 12.3 Å². The molecular formula is C27H22ClF5N4O3. The van der Waals surface area contributed by atoms with Crippen molar-refractivity contribution in [3.8, 4) is 0 Å². The van der Waals surface area contributed by atoms with Gasteiger partial charge in [-0.3, -0.25) is 9.69 Å². The van der Waals surface area contributed by atoms with Crippen molar-refractivity contribution >= 4 is 34.9 Å². The number of fused-ring (bicyclic) bond motifs is 1. The molecule has 7 nitrogen and oxygen atoms in total. The molecule has 4 aromatic rings. The Morgan fingerprint density at radius 2 is 1.73 bits per heavy atom. The fraction of sp³-hybridized carbons (Fsp3) is 0.222. The van der Waals surface area contributed by atoms with Crippen molar-refractivity contribution in [3.63, 3.8) is 0 Å². The van der Waals surface area contributed by atoms with Gasteiger partial charge in [-0.1, -0.05) is 11.6 Å². The van der Waals surface area contributed by atoms with Gasteiger partial charge in [-0.2, -0.15) is 13.2 Å². The highest BCUT2D eigenvalue weighted by Crippen LogP contribution is 2.42. The molecule has 210 valence electrons. The number of nitrogens with zero attached hydrogens (tertiary/aromatic N) is 3. The average Bonchev–Trinajstić information content (AvgIpc) is 3.31. The maximum atomic E-state index is 14.5. The molecule has 40 heavy (non-hydrogen) atoms. The van der Waals surface area contributed by atoms with Crippen LogP contribution in [-0.4, -0.2) is 36.9 Å². The molecule has 1 unspecified atom stereocenters. The Labute approximate surface area is 229 Å². The standard InChI is InChI=1S/C27H22ClF5N4O3/c1-26(2,3)37(25(39)40)22(18-13-16(29)4-5-19(18)28)21-20(6-8-36-9-7-34-23(21)36)35-24(38)14-10-15(27(31,32)33)12-17(30)11-14/h4-13,22H,1-3H3,(H,35,38)(H,39,40). The topological polar surface area (TPSA) is 86.9 Å². The van der Waals surface area contributed by atoms with Gasteiger partial charge in [0.1, 0.15) is 17.3 Å². The quantitative estimate of drug-likeness (QED) is 0.241. The molecule has 0 radical (unpaired) electrons. The number of aromatic nitrogens is 2. The number of amides is 2. The molecule has 0 fully saturated rings. The summed E-state index contributed by atoms with van der Waals surface area (Å²) >= 11 is 6.45. The third-order valence-corrected chi connectivity index (χ3v) is 6.39. The SMILES string of the molecule is CC(C)(C)N(C(=O)O)C(c1cc(F)ccc1Cl)c1c(NC(=O)c2cc(F)cc(C(F)(F)F)c2)ccn2ccnc12. The zero-order valence-corrected chi connectivity index (χ0v) is 22.0. The summed E-state index contributed by atoms with van der Waals surface area (Å²) in [4.78, 5) is 31.1. The Bertz CT molecular complexity index is 1610. The van der Waals surface area contributed by atoms with Crippen molar-refractivity contribution in [2.45, 2.75) is 38.5 Å². The molecule has 13 heteroatoms. The van der Waals surface area contributed by atoms with E-state index >= 15 is 0 Å². The van der Waals surface area contributed by atoms with Gasteiger partial charge in [0.15, 0.2) is 0 Å². The van der Waals surface area contributed by atoms with Gasteiger partial charge in [0.25, 0.3) is 5.91 Å². The second-order valence-electron chi connectivity index (χ2n) is 9.87. The van der Waals surface area contributed by atoms with Crippen molar-refractivity contribution < 1.29 is 36.6 Å². The maximum Gasteiger partial charge on any atom is 0.416 e. The first-order chi connectivity index (χ1) is 18.6. The summed E-state index contributed by atoms with van der Waals surface area (Å²) in [5.74, 6) is -3.11. The molecule has 0 saturated heterocycles. The van der Waals surface area contributed by atoms with Gasteiger partial charge in [-0.05, 0) is 63.2 Å². The molecule has 0 saturated carbocycles. The minimum atomic E-state index is -4.91. The van der Waals surface area contributed by atoms with Crippen LogP contribution in [0, 0.1) is 11.6 Å². The molecule has 2 aromatic carbocycles. The summed E-state index contributed by atoms with van der Waals surface area (Å²) in [7, 11) is 0. The van der Waals surface area contributed by atoms with Crippen LogP contribution < -0.4 is 5.32 Å². The Morgan fingerprint density at radius 1 is 1.02 bits per heavy atom. The average molecular weight is 581 g/mol. The number of hydrogen-bond acceptors (Lipinski definition) is 3. The van der Waals surface area contributed by atoms with Crippen LogP contribution in [0.2, 0.25) is 5.02 Å². The zero-order valence-electron chi connectivity index (χ0n) is 21.2. The number of benzene rings is 2. The Hall–Kier alpha value is -4.19. The predicted octanol–water partition coefficient (Wildman–Crippen LogP) is 7.40. The lowest BCUT2D eigenvalue weighted by Crippen LogP contribution is -2.48. The first kappa shape index (κ1) is 28.8. The molecule has 0 aliphatic heterocycles. The molecular weight excluding hydrogens is 559 g/mol. The highest BCUT2D eigenvalue weighted by Gasteiger charge is 2.39. The number of anilines is 1. The molecule has 1 atom stereocenters. The maximum absolute atomic E-state index is 14.5. The van der Waals surface area contributed by atoms with E-state index in [1.54, 1.807) is 27.0 Å². The molecule has 0 aliphatic carbocycles. The number of rotatable bonds is 5. The van der Waals surface area contributed by atoms with E-state index in [2.05, 4.69) is 10.3 Å². The highest BCUT2D eigenvalue weighted by atomic mass is 35.5. The fourth-order valence-corrected chi connectivity index (χ4v) is 4.62. The highest BCUT2D eigenvalue weighted by molar-refractivity contribution is 6.31. The molecule has 2 heterocycles. The second-order valence-corrected chi connectivity index (χ2v) is 10.3. The van der Waals surface area contributed by atoms with E-state index in [9.17, 15) is 36.6 Å². The van der Waals surface area contributed by atoms with Crippen LogP contribution in [0.5, 0.6) is 0 Å². The third kappa shape index (κ3) is 5.71. The van der Waals surface area contributed by atoms with Gasteiger partial charge in [0.05, 0.1) is 17.3 Å². The molecule has 0 bridgehead atoms. The van der Waals surface area contributed by atoms with Crippen molar-refractivity contribution in [2.24, 2.45) is 0 Å². The van der Waals surface area contributed by atoms with E-state index in [1.807, 2.05) is 0 Å². The Morgan fingerprint density at radius 3 is 2.35 bits per heavy atom. The van der Waals surface area contributed by atoms with Crippen molar-refractivity contribution in [1.82, 2.24) is 14.3 Å². The predicted molar refractivity (Wildman–Crippen MR) is 137 cm³/mol. The largest absolute Gasteiger partial charge is 0.465 e. The second kappa shape index (κ2) is 10.4. The van der Waals surface area contributed by atoms with Crippen molar-refractivity contribution in [1.29, 1.82) is 0 Å². The van der Waals surface area contributed by atoms with Crippen LogP contribution in [0.1, 0.15) is 53.9 Å². The number of imidazole rings is 1. The summed E-state index contributed by atoms with van der Waals surface area (Å²) in [6.45, 7) is 4.78. The van der Waals surface area contributed by atoms with Crippen LogP contribution in [0.3, 0.4) is 0 Å². The number of nitrogens with one attached hydrogen (secondary N) is 1. The van der Waals surface area contributed by atoms with Crippen LogP contribution in [0.15, 0.2) is 61.1 Å². The van der Waals surface area contributed by atoms with Gasteiger partial charge in [0, 0.05) is 45.8 Å². The van der Waals surface area contributed by atoms with E-state index in [1.165, 1.54) is 28.9 Å². The molecule has 2 amide bonds. The number of carbonyl (C=O) groups excluding carboxylic acids is 1. The summed E-state index contributed by atoms with van der Waals surface area (Å²) in [6, 6.07) is 4.78. The molecule has 4 rings (SSSR count). The van der Waals surface area contributed by atoms with Crippen LogP contribution in [0.25, 0.3) is 5.65 Å². The molecule has 2 N–H and O–H groups in total. The van der Waals surface area contributed by atoms with Gasteiger partial charge in [-0.25, -0.2) is 18.6 Å². The lowest BCUT2D eigenvalue weighted by molar-refractivity contribution is -0.137. The summed E-state index contributed by atoms with van der Waals surface area (Å²) in [6.07, 6.45) is -1.91. The first-order valence-corrected chi connectivity index (χ1v) is 12.1. The lowest BCUT2D eigenvalue weighted by atomic mass is 9.92. The third-order valence-electron chi connectivity index (χ3n) is 6.05. The van der Waals surface area contributed by atoms with Gasteiger partial charge in [0.2, 0.25) is 0 Å². The molecule has 2 aromatic heterocycles. The van der Waals surface area contributed by atoms with E-state index < -0.39 is 52.5 Å². The van der Waals surface area contributed by atoms with Crippen LogP contribution in [0.4, 0.5) is 32.4 Å². The fourth-order valence-electron chi connectivity index (χ4n) is 4.40. The number of carboxylic acid groups (broad SMARTS) is 1. The normalized spacial score (nSPS) is 12.8. The summed E-state index contributed by atoms with van der Waals surface area (Å²) in [5.41, 5.74) is -2.95. The molecule has 0 aliphatic rings. The Balaban J connectivity index is 1.97. The van der Waals surface area contributed by atoms with Gasteiger partial charge < -0.3 is 14.8 Å². The van der Waals surface area contributed by atoms with Gasteiger partial charge in [-0.15, -0.1) is 0 Å². The van der Waals surface area contributed by atoms with E-state index in [-0.39, 0.29) is 33.6 Å². The monoisotopic (exact) mass is 580 g/mol. The summed E-state index contributed by atoms with van der Waals surface area (Å²) < 4.78 is 69.9. The van der Waals surface area contributed by atoms with E-state index in [0.717, 1.165) is 17.0 Å². The van der Waals surface area contributed by atoms with E-state index in [4.69, 9.17) is 11.6 Å². The first-order valence-electron chi connectivity index (χ1n) is 11.7. The lowest BCUT2D eigenvalue weighted by Gasteiger charge is -2.41. The number of alkyl halides is 3. The van der Waals surface area contributed by atoms with Crippen molar-refractivity contribution in [2.75, 3.05) is 5.32 Å². The van der Waals surface area contributed by atoms with Crippen molar-refractivity contribution in [3.05, 3.63) is 100.0 Å². The van der Waals surface area contributed by atoms with E-state index in [0.29, 0.717) is 12.1 Å². The number of halogens is 6. The Kier molecular flexibility index (Phi) is 7.50. The summed E-state index contributed by atoms with van der Waals surface area (Å²) in [5, 5.41) is 12.8. The zero-order chi connectivity index (χ0) is 29.6. The smallest absolute Gasteiger partial charge is 0.416 e.